The van der Waals surface area contributed by atoms with Gasteiger partial charge in [-0.1, -0.05) is 12.1 Å². The molecule has 0 radical (unpaired) electrons. The number of rotatable bonds is 8. The van der Waals surface area contributed by atoms with Gasteiger partial charge in [0.25, 0.3) is 5.91 Å². The van der Waals surface area contributed by atoms with Gasteiger partial charge >= 0.3 is 5.97 Å². The lowest BCUT2D eigenvalue weighted by Crippen LogP contribution is -2.35. The Balaban J connectivity index is 1.88. The van der Waals surface area contributed by atoms with Gasteiger partial charge in [-0.25, -0.2) is 9.18 Å². The molecule has 0 saturated carbocycles. The number of benzene rings is 2. The summed E-state index contributed by atoms with van der Waals surface area (Å²) in [5, 5.41) is 2.63. The second-order valence-corrected chi connectivity index (χ2v) is 5.90. The third-order valence-corrected chi connectivity index (χ3v) is 3.83. The Hall–Kier alpha value is -3.35. The molecule has 2 rings (SSSR count). The summed E-state index contributed by atoms with van der Waals surface area (Å²) >= 11 is 0. The molecule has 0 spiro atoms. The van der Waals surface area contributed by atoms with Crippen LogP contribution in [0.3, 0.4) is 0 Å². The van der Waals surface area contributed by atoms with E-state index in [1.165, 1.54) is 45.4 Å². The van der Waals surface area contributed by atoms with Crippen LogP contribution in [0.1, 0.15) is 18.1 Å². The number of amides is 1. The van der Waals surface area contributed by atoms with E-state index >= 15 is 0 Å². The number of carbonyl (C=O) groups is 2. The van der Waals surface area contributed by atoms with E-state index in [0.29, 0.717) is 17.1 Å². The van der Waals surface area contributed by atoms with Crippen molar-refractivity contribution in [2.24, 2.45) is 0 Å². The Labute approximate surface area is 162 Å². The number of ether oxygens (including phenoxy) is 3. The molecular formula is C21H22FNO5. The maximum Gasteiger partial charge on any atom is 0.331 e. The van der Waals surface area contributed by atoms with Gasteiger partial charge in [-0.3, -0.25) is 4.79 Å². The fourth-order valence-corrected chi connectivity index (χ4v) is 2.29. The minimum Gasteiger partial charge on any atom is -0.497 e. The summed E-state index contributed by atoms with van der Waals surface area (Å²) in [5.74, 6) is -0.292. The van der Waals surface area contributed by atoms with Crippen molar-refractivity contribution in [3.05, 3.63) is 65.5 Å². The van der Waals surface area contributed by atoms with E-state index in [0.717, 1.165) is 5.56 Å². The van der Waals surface area contributed by atoms with Crippen LogP contribution in [0.15, 0.2) is 48.5 Å². The van der Waals surface area contributed by atoms with Crippen LogP contribution >= 0.6 is 0 Å². The van der Waals surface area contributed by atoms with E-state index in [1.807, 2.05) is 0 Å². The zero-order chi connectivity index (χ0) is 20.5. The van der Waals surface area contributed by atoms with Gasteiger partial charge in [-0.15, -0.1) is 0 Å². The molecule has 0 aliphatic carbocycles. The predicted molar refractivity (Wildman–Crippen MR) is 102 cm³/mol. The van der Waals surface area contributed by atoms with Crippen LogP contribution in [0.2, 0.25) is 0 Å². The van der Waals surface area contributed by atoms with Crippen molar-refractivity contribution in [1.29, 1.82) is 0 Å². The van der Waals surface area contributed by atoms with E-state index in [4.69, 9.17) is 14.2 Å². The fraction of sp³-hybridized carbons (Fsp3) is 0.238. The Morgan fingerprint density at radius 3 is 2.25 bits per heavy atom. The Bertz CT molecular complexity index is 826. The van der Waals surface area contributed by atoms with Crippen LogP contribution in [0.25, 0.3) is 6.08 Å². The van der Waals surface area contributed by atoms with Gasteiger partial charge in [0.05, 0.1) is 14.2 Å². The Kier molecular flexibility index (Phi) is 7.56. The molecule has 6 nitrogen and oxygen atoms in total. The van der Waals surface area contributed by atoms with E-state index in [9.17, 15) is 14.0 Å². The average molecular weight is 387 g/mol. The minimum absolute atomic E-state index is 0.209. The molecule has 148 valence electrons. The van der Waals surface area contributed by atoms with Gasteiger partial charge in [0.15, 0.2) is 6.10 Å². The highest BCUT2D eigenvalue weighted by Gasteiger charge is 2.16. The highest BCUT2D eigenvalue weighted by Crippen LogP contribution is 2.23. The normalized spacial score (nSPS) is 11.7. The van der Waals surface area contributed by atoms with Crippen molar-refractivity contribution in [2.75, 3.05) is 14.2 Å². The third-order valence-electron chi connectivity index (χ3n) is 3.83. The SMILES string of the molecule is COc1cc(/C=C/C(=O)O[C@H](C)C(=O)NCc2ccc(F)cc2)cc(OC)c1. The monoisotopic (exact) mass is 387 g/mol. The van der Waals surface area contributed by atoms with Gasteiger partial charge in [0, 0.05) is 18.7 Å². The molecule has 2 aromatic rings. The summed E-state index contributed by atoms with van der Waals surface area (Å²) in [5.41, 5.74) is 1.42. The first-order chi connectivity index (χ1) is 13.4. The summed E-state index contributed by atoms with van der Waals surface area (Å²) in [6.45, 7) is 1.68. The van der Waals surface area contributed by atoms with Crippen LogP contribution in [0.4, 0.5) is 4.39 Å². The highest BCUT2D eigenvalue weighted by atomic mass is 19.1. The molecule has 0 aromatic heterocycles. The van der Waals surface area contributed by atoms with E-state index in [2.05, 4.69) is 5.32 Å². The Morgan fingerprint density at radius 1 is 1.07 bits per heavy atom. The van der Waals surface area contributed by atoms with Gasteiger partial charge in [-0.2, -0.15) is 0 Å². The van der Waals surface area contributed by atoms with E-state index < -0.39 is 18.0 Å². The average Bonchev–Trinajstić information content (AvgIpc) is 2.71. The molecule has 0 aliphatic rings. The summed E-state index contributed by atoms with van der Waals surface area (Å²) in [6.07, 6.45) is 1.78. The van der Waals surface area contributed by atoms with Crippen LogP contribution in [-0.4, -0.2) is 32.2 Å². The van der Waals surface area contributed by atoms with E-state index in [-0.39, 0.29) is 12.4 Å². The van der Waals surface area contributed by atoms with Crippen molar-refractivity contribution >= 4 is 18.0 Å². The molecule has 0 fully saturated rings. The van der Waals surface area contributed by atoms with Crippen LogP contribution in [0.5, 0.6) is 11.5 Å². The van der Waals surface area contributed by atoms with Crippen molar-refractivity contribution in [1.82, 2.24) is 5.32 Å². The quantitative estimate of drug-likeness (QED) is 0.557. The molecule has 0 unspecified atom stereocenters. The molecular weight excluding hydrogens is 365 g/mol. The lowest BCUT2D eigenvalue weighted by atomic mass is 10.2. The minimum atomic E-state index is -0.975. The second-order valence-electron chi connectivity index (χ2n) is 5.90. The summed E-state index contributed by atoms with van der Waals surface area (Å²) < 4.78 is 28.3. The van der Waals surface area contributed by atoms with E-state index in [1.54, 1.807) is 30.3 Å². The number of esters is 1. The van der Waals surface area contributed by atoms with Gasteiger partial charge in [0.1, 0.15) is 17.3 Å². The molecule has 1 amide bonds. The van der Waals surface area contributed by atoms with Crippen LogP contribution < -0.4 is 14.8 Å². The lowest BCUT2D eigenvalue weighted by molar-refractivity contribution is -0.150. The topological polar surface area (TPSA) is 73.9 Å². The zero-order valence-corrected chi connectivity index (χ0v) is 15.9. The largest absolute Gasteiger partial charge is 0.497 e. The molecule has 0 aliphatic heterocycles. The molecule has 28 heavy (non-hydrogen) atoms. The van der Waals surface area contributed by atoms with Crippen LogP contribution in [-0.2, 0) is 20.9 Å². The maximum atomic E-state index is 12.9. The molecule has 1 N–H and O–H groups in total. The second kappa shape index (κ2) is 10.1. The molecule has 0 saturated heterocycles. The number of hydrogen-bond donors (Lipinski definition) is 1. The summed E-state index contributed by atoms with van der Waals surface area (Å²) in [6, 6.07) is 10.9. The highest BCUT2D eigenvalue weighted by molar-refractivity contribution is 5.90. The zero-order valence-electron chi connectivity index (χ0n) is 15.9. The van der Waals surface area contributed by atoms with Crippen molar-refractivity contribution in [3.63, 3.8) is 0 Å². The fourth-order valence-electron chi connectivity index (χ4n) is 2.29. The van der Waals surface area contributed by atoms with Crippen molar-refractivity contribution in [3.8, 4) is 11.5 Å². The summed E-state index contributed by atoms with van der Waals surface area (Å²) in [7, 11) is 3.06. The van der Waals surface area contributed by atoms with Gasteiger partial charge in [0.2, 0.25) is 0 Å². The number of methoxy groups -OCH3 is 2. The molecule has 1 atom stereocenters. The molecule has 0 heterocycles. The standard InChI is InChI=1S/C21H22FNO5/c1-14(21(25)23-13-15-4-7-17(22)8-5-15)28-20(24)9-6-16-10-18(26-2)12-19(11-16)27-3/h4-12,14H,13H2,1-3H3,(H,23,25)/b9-6+/t14-/m1/s1. The maximum absolute atomic E-state index is 12.9. The van der Waals surface area contributed by atoms with Crippen LogP contribution in [0, 0.1) is 5.82 Å². The number of carbonyl (C=O) groups excluding carboxylic acids is 2. The Morgan fingerprint density at radius 2 is 1.68 bits per heavy atom. The molecule has 7 heteroatoms. The first kappa shape index (κ1) is 21.0. The number of hydrogen-bond acceptors (Lipinski definition) is 5. The first-order valence-electron chi connectivity index (χ1n) is 8.55. The van der Waals surface area contributed by atoms with Crippen molar-refractivity contribution in [2.45, 2.75) is 19.6 Å². The smallest absolute Gasteiger partial charge is 0.331 e. The van der Waals surface area contributed by atoms with Gasteiger partial charge in [-0.05, 0) is 48.4 Å². The van der Waals surface area contributed by atoms with Gasteiger partial charge < -0.3 is 19.5 Å². The lowest BCUT2D eigenvalue weighted by Gasteiger charge is -2.12. The third kappa shape index (κ3) is 6.42. The first-order valence-corrected chi connectivity index (χ1v) is 8.55. The molecule has 0 bridgehead atoms. The summed E-state index contributed by atoms with van der Waals surface area (Å²) in [4.78, 5) is 24.0. The predicted octanol–water partition coefficient (Wildman–Crippen LogP) is 3.10. The van der Waals surface area contributed by atoms with Crippen molar-refractivity contribution < 1.29 is 28.2 Å². The molecule has 2 aromatic carbocycles. The number of nitrogens with one attached hydrogen (secondary N) is 1. The number of halogens is 1.